The maximum atomic E-state index is 6.03. The minimum Gasteiger partial charge on any atom is -0.365 e. The average molecular weight is 223 g/mol. The first-order chi connectivity index (χ1) is 7.69. The second-order valence-electron chi connectivity index (χ2n) is 5.00. The lowest BCUT2D eigenvalue weighted by Gasteiger charge is -2.17. The normalized spacial score (nSPS) is 31.9. The minimum absolute atomic E-state index is 0.0671. The highest BCUT2D eigenvalue weighted by Crippen LogP contribution is 2.40. The third kappa shape index (κ3) is 1.64. The van der Waals surface area contributed by atoms with E-state index in [-0.39, 0.29) is 6.04 Å². The van der Waals surface area contributed by atoms with Crippen molar-refractivity contribution in [1.29, 1.82) is 0 Å². The second-order valence-corrected chi connectivity index (χ2v) is 5.00. The standard InChI is InChI=1S/C11H17N3O2/c1-11(5-2-6-15-11)10-13-9(14-16-10)8(12)7-3-4-7/h7-8H,2-6,12H2,1H3. The van der Waals surface area contributed by atoms with Crippen LogP contribution in [0.2, 0.25) is 0 Å². The van der Waals surface area contributed by atoms with Gasteiger partial charge in [0, 0.05) is 6.61 Å². The first-order valence-electron chi connectivity index (χ1n) is 5.93. The fourth-order valence-corrected chi connectivity index (χ4v) is 2.20. The van der Waals surface area contributed by atoms with E-state index in [9.17, 15) is 0 Å². The third-order valence-corrected chi connectivity index (χ3v) is 3.54. The van der Waals surface area contributed by atoms with Crippen LogP contribution < -0.4 is 5.73 Å². The summed E-state index contributed by atoms with van der Waals surface area (Å²) >= 11 is 0. The molecular formula is C11H17N3O2. The van der Waals surface area contributed by atoms with Gasteiger partial charge >= 0.3 is 0 Å². The summed E-state index contributed by atoms with van der Waals surface area (Å²) in [5.74, 6) is 1.76. The van der Waals surface area contributed by atoms with E-state index in [4.69, 9.17) is 15.0 Å². The molecule has 2 aliphatic rings. The van der Waals surface area contributed by atoms with Crippen LogP contribution in [-0.2, 0) is 10.3 Å². The molecule has 0 amide bonds. The number of ether oxygens (including phenoxy) is 1. The Morgan fingerprint density at radius 2 is 2.31 bits per heavy atom. The first-order valence-corrected chi connectivity index (χ1v) is 5.93. The molecule has 1 aromatic rings. The molecule has 1 saturated carbocycles. The van der Waals surface area contributed by atoms with Crippen molar-refractivity contribution in [2.75, 3.05) is 6.61 Å². The van der Waals surface area contributed by atoms with Gasteiger partial charge in [-0.1, -0.05) is 5.16 Å². The van der Waals surface area contributed by atoms with Crippen LogP contribution in [0.4, 0.5) is 0 Å². The molecule has 0 aromatic carbocycles. The fourth-order valence-electron chi connectivity index (χ4n) is 2.20. The molecule has 3 rings (SSSR count). The lowest BCUT2D eigenvalue weighted by Crippen LogP contribution is -2.21. The molecule has 5 nitrogen and oxygen atoms in total. The molecule has 88 valence electrons. The van der Waals surface area contributed by atoms with Crippen LogP contribution in [0.15, 0.2) is 4.52 Å². The molecule has 2 unspecified atom stereocenters. The highest BCUT2D eigenvalue weighted by molar-refractivity contribution is 5.04. The summed E-state index contributed by atoms with van der Waals surface area (Å²) in [5.41, 5.74) is 5.64. The Balaban J connectivity index is 1.81. The van der Waals surface area contributed by atoms with Crippen LogP contribution in [0, 0.1) is 5.92 Å². The van der Waals surface area contributed by atoms with Gasteiger partial charge in [0.05, 0.1) is 6.04 Å². The molecule has 0 bridgehead atoms. The number of hydrogen-bond donors (Lipinski definition) is 1. The Hall–Kier alpha value is -0.940. The molecule has 0 radical (unpaired) electrons. The van der Waals surface area contributed by atoms with Gasteiger partial charge in [0.1, 0.15) is 5.60 Å². The van der Waals surface area contributed by atoms with Crippen molar-refractivity contribution in [3.63, 3.8) is 0 Å². The van der Waals surface area contributed by atoms with E-state index in [0.29, 0.717) is 17.6 Å². The summed E-state index contributed by atoms with van der Waals surface area (Å²) in [5, 5.41) is 3.98. The zero-order valence-corrected chi connectivity index (χ0v) is 9.48. The zero-order chi connectivity index (χ0) is 11.2. The Kier molecular flexibility index (Phi) is 2.26. The van der Waals surface area contributed by atoms with E-state index in [1.54, 1.807) is 0 Å². The van der Waals surface area contributed by atoms with Crippen molar-refractivity contribution in [2.24, 2.45) is 11.7 Å². The van der Waals surface area contributed by atoms with Gasteiger partial charge in [-0.2, -0.15) is 4.98 Å². The number of aromatic nitrogens is 2. The summed E-state index contributed by atoms with van der Waals surface area (Å²) < 4.78 is 10.9. The van der Waals surface area contributed by atoms with Crippen molar-refractivity contribution < 1.29 is 9.26 Å². The van der Waals surface area contributed by atoms with E-state index in [0.717, 1.165) is 19.4 Å². The van der Waals surface area contributed by atoms with Crippen LogP contribution in [-0.4, -0.2) is 16.7 Å². The van der Waals surface area contributed by atoms with Gasteiger partial charge < -0.3 is 15.0 Å². The topological polar surface area (TPSA) is 74.2 Å². The van der Waals surface area contributed by atoms with Gasteiger partial charge in [0.25, 0.3) is 5.89 Å². The molecule has 2 N–H and O–H groups in total. The Morgan fingerprint density at radius 1 is 1.50 bits per heavy atom. The fraction of sp³-hybridized carbons (Fsp3) is 0.818. The summed E-state index contributed by atoms with van der Waals surface area (Å²) in [6.07, 6.45) is 4.34. The summed E-state index contributed by atoms with van der Waals surface area (Å²) in [6.45, 7) is 2.77. The highest BCUT2D eigenvalue weighted by atomic mass is 16.5. The van der Waals surface area contributed by atoms with Crippen LogP contribution in [0.25, 0.3) is 0 Å². The summed E-state index contributed by atoms with van der Waals surface area (Å²) in [4.78, 5) is 4.40. The molecule has 2 fully saturated rings. The Bertz CT molecular complexity index is 380. The molecule has 2 heterocycles. The van der Waals surface area contributed by atoms with Crippen LogP contribution >= 0.6 is 0 Å². The molecule has 1 saturated heterocycles. The van der Waals surface area contributed by atoms with E-state index in [1.165, 1.54) is 12.8 Å². The molecular weight excluding hydrogens is 206 g/mol. The molecule has 0 spiro atoms. The third-order valence-electron chi connectivity index (χ3n) is 3.54. The largest absolute Gasteiger partial charge is 0.365 e. The number of hydrogen-bond acceptors (Lipinski definition) is 5. The number of nitrogens with zero attached hydrogens (tertiary/aromatic N) is 2. The van der Waals surface area contributed by atoms with Crippen molar-refractivity contribution >= 4 is 0 Å². The van der Waals surface area contributed by atoms with Gasteiger partial charge in [-0.25, -0.2) is 0 Å². The molecule has 1 aliphatic carbocycles. The quantitative estimate of drug-likeness (QED) is 0.840. The summed E-state index contributed by atoms with van der Waals surface area (Å²) in [7, 11) is 0. The molecule has 1 aliphatic heterocycles. The van der Waals surface area contributed by atoms with Crippen LogP contribution in [0.5, 0.6) is 0 Å². The minimum atomic E-state index is -0.394. The number of rotatable bonds is 3. The number of nitrogens with two attached hydrogens (primary N) is 1. The van der Waals surface area contributed by atoms with Crippen molar-refractivity contribution in [3.8, 4) is 0 Å². The van der Waals surface area contributed by atoms with Crippen molar-refractivity contribution in [1.82, 2.24) is 10.1 Å². The smallest absolute Gasteiger partial charge is 0.258 e. The molecule has 5 heteroatoms. The molecule has 16 heavy (non-hydrogen) atoms. The van der Waals surface area contributed by atoms with Gasteiger partial charge in [0.15, 0.2) is 5.82 Å². The first kappa shape index (κ1) is 10.2. The van der Waals surface area contributed by atoms with E-state index >= 15 is 0 Å². The SMILES string of the molecule is CC1(c2nc(C(N)C3CC3)no2)CCCO1. The molecule has 1 aromatic heterocycles. The Morgan fingerprint density at radius 3 is 2.94 bits per heavy atom. The van der Waals surface area contributed by atoms with E-state index in [2.05, 4.69) is 10.1 Å². The predicted octanol–water partition coefficient (Wildman–Crippen LogP) is 1.50. The van der Waals surface area contributed by atoms with Crippen LogP contribution in [0.3, 0.4) is 0 Å². The van der Waals surface area contributed by atoms with Crippen molar-refractivity contribution in [3.05, 3.63) is 11.7 Å². The average Bonchev–Trinajstić information content (AvgIpc) is 2.82. The second kappa shape index (κ2) is 3.53. The van der Waals surface area contributed by atoms with Gasteiger partial charge in [-0.05, 0) is 38.5 Å². The van der Waals surface area contributed by atoms with E-state index < -0.39 is 5.60 Å². The van der Waals surface area contributed by atoms with E-state index in [1.807, 2.05) is 6.92 Å². The summed E-state index contributed by atoms with van der Waals surface area (Å²) in [6, 6.07) is -0.0671. The maximum absolute atomic E-state index is 6.03. The Labute approximate surface area is 94.3 Å². The van der Waals surface area contributed by atoms with Gasteiger partial charge in [0.2, 0.25) is 0 Å². The molecule has 2 atom stereocenters. The van der Waals surface area contributed by atoms with Crippen molar-refractivity contribution in [2.45, 2.75) is 44.2 Å². The monoisotopic (exact) mass is 223 g/mol. The predicted molar refractivity (Wildman–Crippen MR) is 56.5 cm³/mol. The highest BCUT2D eigenvalue weighted by Gasteiger charge is 2.39. The lowest BCUT2D eigenvalue weighted by molar-refractivity contribution is -0.00937. The van der Waals surface area contributed by atoms with Gasteiger partial charge in [-0.3, -0.25) is 0 Å². The van der Waals surface area contributed by atoms with Gasteiger partial charge in [-0.15, -0.1) is 0 Å². The lowest BCUT2D eigenvalue weighted by atomic mass is 10.0. The van der Waals surface area contributed by atoms with Crippen LogP contribution in [0.1, 0.15) is 50.4 Å². The zero-order valence-electron chi connectivity index (χ0n) is 9.48. The maximum Gasteiger partial charge on any atom is 0.258 e.